The van der Waals surface area contributed by atoms with E-state index in [1.807, 2.05) is 0 Å². The highest BCUT2D eigenvalue weighted by atomic mass is 32.2. The number of benzene rings is 3. The number of nitrogens with zero attached hydrogens (tertiary/aromatic N) is 3. The third-order valence-electron chi connectivity index (χ3n) is 4.73. The van der Waals surface area contributed by atoms with Gasteiger partial charge in [0.25, 0.3) is 30.3 Å². The van der Waals surface area contributed by atoms with Crippen LogP contribution in [0.4, 0.5) is 22.2 Å². The number of hydrogen-bond acceptors (Lipinski definition) is 11. The van der Waals surface area contributed by atoms with Crippen molar-refractivity contribution in [3.63, 3.8) is 0 Å². The monoisotopic (exact) mass is 569 g/mol. The van der Waals surface area contributed by atoms with E-state index in [4.69, 9.17) is 5.73 Å². The van der Waals surface area contributed by atoms with Crippen LogP contribution in [0.15, 0.2) is 85.0 Å². The summed E-state index contributed by atoms with van der Waals surface area (Å²) >= 11 is 1.11. The summed E-state index contributed by atoms with van der Waals surface area (Å²) in [5.74, 6) is 0. The first-order valence-electron chi connectivity index (χ1n) is 9.51. The zero-order valence-corrected chi connectivity index (χ0v) is 20.9. The molecule has 4 rings (SSSR count). The normalized spacial score (nSPS) is 12.8. The molecule has 188 valence electrons. The van der Waals surface area contributed by atoms with Crippen LogP contribution in [0.2, 0.25) is 0 Å². The number of nitrogens with one attached hydrogen (secondary N) is 1. The van der Waals surface area contributed by atoms with Crippen LogP contribution >= 0.6 is 11.3 Å². The Bertz CT molecular complexity index is 1820. The molecule has 0 saturated carbocycles. The molecule has 1 heterocycles. The summed E-state index contributed by atoms with van der Waals surface area (Å²) < 4.78 is 92.7. The highest BCUT2D eigenvalue weighted by Gasteiger charge is 2.21. The molecule has 5 N–H and O–H groups in total. The summed E-state index contributed by atoms with van der Waals surface area (Å²) in [6.45, 7) is 0. The Labute approximate surface area is 208 Å². The Morgan fingerprint density at radius 1 is 0.861 bits per heavy atom. The van der Waals surface area contributed by atoms with Crippen LogP contribution in [0.5, 0.6) is 0 Å². The molecule has 0 atom stereocenters. The number of anilines is 2. The van der Waals surface area contributed by atoms with Gasteiger partial charge in [0.05, 0.1) is 21.2 Å². The molecule has 0 fully saturated rings. The largest absolute Gasteiger partial charge is 0.396 e. The topological polar surface area (TPSA) is 219 Å². The SMILES string of the molecule is Nc1c(S(=O)(=O)O)cc2cc(S(=O)(=O)O)ccc2c1N=Nc1ccc(S(=O)(=O)Nc2nccs2)cc1. The van der Waals surface area contributed by atoms with Crippen molar-refractivity contribution in [1.29, 1.82) is 0 Å². The van der Waals surface area contributed by atoms with E-state index in [2.05, 4.69) is 19.9 Å². The van der Waals surface area contributed by atoms with Gasteiger partial charge in [-0.3, -0.25) is 13.8 Å². The van der Waals surface area contributed by atoms with Crippen LogP contribution in [0.3, 0.4) is 0 Å². The van der Waals surface area contributed by atoms with E-state index in [1.54, 1.807) is 5.38 Å². The van der Waals surface area contributed by atoms with E-state index in [0.717, 1.165) is 29.5 Å². The fraction of sp³-hybridized carbons (Fsp3) is 0. The van der Waals surface area contributed by atoms with Gasteiger partial charge in [0, 0.05) is 17.0 Å². The first-order chi connectivity index (χ1) is 16.8. The number of azo groups is 1. The van der Waals surface area contributed by atoms with Gasteiger partial charge in [-0.25, -0.2) is 13.4 Å². The third-order valence-corrected chi connectivity index (χ3v) is 8.64. The Morgan fingerprint density at radius 2 is 1.53 bits per heavy atom. The van der Waals surface area contributed by atoms with Crippen molar-refractivity contribution in [3.05, 3.63) is 60.1 Å². The number of rotatable bonds is 7. The van der Waals surface area contributed by atoms with Crippen molar-refractivity contribution in [2.75, 3.05) is 10.5 Å². The second-order valence-corrected chi connectivity index (χ2v) is 12.5. The van der Waals surface area contributed by atoms with E-state index in [-0.39, 0.29) is 32.2 Å². The van der Waals surface area contributed by atoms with Crippen molar-refractivity contribution in [2.45, 2.75) is 14.7 Å². The average molecular weight is 570 g/mol. The maximum Gasteiger partial charge on any atom is 0.296 e. The van der Waals surface area contributed by atoms with E-state index in [9.17, 15) is 34.4 Å². The lowest BCUT2D eigenvalue weighted by molar-refractivity contribution is 0.481. The van der Waals surface area contributed by atoms with Gasteiger partial charge in [0.15, 0.2) is 5.13 Å². The second kappa shape index (κ2) is 9.19. The van der Waals surface area contributed by atoms with Gasteiger partial charge in [-0.1, -0.05) is 6.07 Å². The summed E-state index contributed by atoms with van der Waals surface area (Å²) in [5.41, 5.74) is 5.42. The molecule has 1 aromatic heterocycles. The van der Waals surface area contributed by atoms with Crippen LogP contribution < -0.4 is 10.5 Å². The van der Waals surface area contributed by atoms with Gasteiger partial charge in [-0.15, -0.1) is 16.5 Å². The predicted molar refractivity (Wildman–Crippen MR) is 132 cm³/mol. The molecule has 0 amide bonds. The van der Waals surface area contributed by atoms with E-state index < -0.39 is 45.7 Å². The number of aromatic nitrogens is 1. The highest BCUT2D eigenvalue weighted by molar-refractivity contribution is 7.93. The van der Waals surface area contributed by atoms with Crippen LogP contribution in [0, 0.1) is 0 Å². The summed E-state index contributed by atoms with van der Waals surface area (Å²) in [5, 5.41) is 9.87. The van der Waals surface area contributed by atoms with Crippen molar-refractivity contribution >= 4 is 74.6 Å². The Kier molecular flexibility index (Phi) is 6.54. The number of sulfonamides is 1. The highest BCUT2D eigenvalue weighted by Crippen LogP contribution is 2.39. The van der Waals surface area contributed by atoms with Gasteiger partial charge in [-0.05, 0) is 47.9 Å². The summed E-state index contributed by atoms with van der Waals surface area (Å²) in [6, 6.07) is 9.39. The molecule has 0 aliphatic carbocycles. The fourth-order valence-electron chi connectivity index (χ4n) is 3.09. The maximum absolute atomic E-state index is 12.5. The molecule has 17 heteroatoms. The Hall–Kier alpha value is -3.48. The first kappa shape index (κ1) is 25.6. The zero-order chi connectivity index (χ0) is 26.3. The molecule has 0 bridgehead atoms. The van der Waals surface area contributed by atoms with E-state index in [0.29, 0.717) is 0 Å². The predicted octanol–water partition coefficient (Wildman–Crippen LogP) is 3.59. The van der Waals surface area contributed by atoms with Crippen molar-refractivity contribution in [2.24, 2.45) is 10.2 Å². The lowest BCUT2D eigenvalue weighted by Crippen LogP contribution is -2.12. The van der Waals surface area contributed by atoms with Crippen LogP contribution in [-0.4, -0.2) is 39.3 Å². The fourth-order valence-corrected chi connectivity index (χ4v) is 6.04. The molecule has 0 spiro atoms. The van der Waals surface area contributed by atoms with Gasteiger partial charge in [0.2, 0.25) is 0 Å². The number of nitrogen functional groups attached to an aromatic ring is 1. The number of fused-ring (bicyclic) bond motifs is 1. The smallest absolute Gasteiger partial charge is 0.296 e. The standard InChI is InChI=1S/C19H15N5O8S4/c20-17-16(36(30,31)32)10-11-9-14(35(27,28)29)5-6-15(11)18(17)23-22-12-1-3-13(4-2-12)34(25,26)24-19-21-7-8-33-19/h1-10H,20H2,(H,21,24)(H,27,28,29)(H,30,31,32). The van der Waals surface area contributed by atoms with Crippen molar-refractivity contribution in [3.8, 4) is 0 Å². The zero-order valence-electron chi connectivity index (χ0n) is 17.7. The minimum atomic E-state index is -4.84. The quantitative estimate of drug-likeness (QED) is 0.144. The molecule has 0 aliphatic rings. The molecule has 0 aliphatic heterocycles. The third kappa shape index (κ3) is 5.35. The summed E-state index contributed by atoms with van der Waals surface area (Å²) in [6.07, 6.45) is 1.45. The first-order valence-corrected chi connectivity index (χ1v) is 14.8. The number of thiazole rings is 1. The molecule has 4 aromatic rings. The Balaban J connectivity index is 1.75. The minimum Gasteiger partial charge on any atom is -0.396 e. The summed E-state index contributed by atoms with van der Waals surface area (Å²) in [7, 11) is -13.3. The van der Waals surface area contributed by atoms with E-state index >= 15 is 0 Å². The van der Waals surface area contributed by atoms with Crippen molar-refractivity contribution < 1.29 is 34.4 Å². The van der Waals surface area contributed by atoms with Crippen molar-refractivity contribution in [1.82, 2.24) is 4.98 Å². The molecule has 0 radical (unpaired) electrons. The van der Waals surface area contributed by atoms with Gasteiger partial charge in [0.1, 0.15) is 10.6 Å². The molecule has 3 aromatic carbocycles. The average Bonchev–Trinajstić information content (AvgIpc) is 3.29. The lowest BCUT2D eigenvalue weighted by Gasteiger charge is -2.10. The van der Waals surface area contributed by atoms with Gasteiger partial charge >= 0.3 is 0 Å². The molecule has 13 nitrogen and oxygen atoms in total. The van der Waals surface area contributed by atoms with Gasteiger partial charge < -0.3 is 5.73 Å². The molecule has 36 heavy (non-hydrogen) atoms. The summed E-state index contributed by atoms with van der Waals surface area (Å²) in [4.78, 5) is 2.52. The lowest BCUT2D eigenvalue weighted by atomic mass is 10.1. The number of nitrogens with two attached hydrogens (primary N) is 1. The van der Waals surface area contributed by atoms with E-state index in [1.165, 1.54) is 36.5 Å². The van der Waals surface area contributed by atoms with Crippen LogP contribution in [-0.2, 0) is 30.3 Å². The minimum absolute atomic E-state index is 0.0180. The Morgan fingerprint density at radius 3 is 2.11 bits per heavy atom. The maximum atomic E-state index is 12.5. The second-order valence-electron chi connectivity index (χ2n) is 7.11. The van der Waals surface area contributed by atoms with Crippen LogP contribution in [0.25, 0.3) is 10.8 Å². The molecule has 0 unspecified atom stereocenters. The molecular formula is C19H15N5O8S4. The molecular weight excluding hydrogens is 555 g/mol. The van der Waals surface area contributed by atoms with Gasteiger partial charge in [-0.2, -0.15) is 21.9 Å². The van der Waals surface area contributed by atoms with Crippen LogP contribution in [0.1, 0.15) is 0 Å². The number of hydrogen-bond donors (Lipinski definition) is 4. The molecule has 0 saturated heterocycles.